The number of aliphatic hydroxyl groups is 1. The van der Waals surface area contributed by atoms with Gasteiger partial charge in [0.25, 0.3) is 0 Å². The maximum atomic E-state index is 9.33. The maximum absolute atomic E-state index is 9.33. The molecule has 0 aromatic heterocycles. The van der Waals surface area contributed by atoms with Crippen molar-refractivity contribution in [2.24, 2.45) is 10.8 Å². The van der Waals surface area contributed by atoms with Gasteiger partial charge in [-0.25, -0.2) is 0 Å². The van der Waals surface area contributed by atoms with Crippen molar-refractivity contribution in [1.82, 2.24) is 5.32 Å². The van der Waals surface area contributed by atoms with Crippen LogP contribution in [0.2, 0.25) is 0 Å². The molecule has 1 spiro atoms. The van der Waals surface area contributed by atoms with E-state index in [1.54, 1.807) is 0 Å². The van der Waals surface area contributed by atoms with Crippen LogP contribution in [-0.4, -0.2) is 37.0 Å². The molecule has 2 unspecified atom stereocenters. The minimum absolute atomic E-state index is 0.238. The van der Waals surface area contributed by atoms with Gasteiger partial charge in [0.15, 0.2) is 0 Å². The highest BCUT2D eigenvalue weighted by atomic mass is 16.5. The molecule has 0 bridgehead atoms. The van der Waals surface area contributed by atoms with Crippen molar-refractivity contribution >= 4 is 0 Å². The summed E-state index contributed by atoms with van der Waals surface area (Å²) in [5.41, 5.74) is 0.698. The van der Waals surface area contributed by atoms with Crippen molar-refractivity contribution in [2.75, 3.05) is 19.8 Å². The largest absolute Gasteiger partial charge is 0.396 e. The van der Waals surface area contributed by atoms with Gasteiger partial charge in [-0.1, -0.05) is 6.42 Å². The Labute approximate surface area is 104 Å². The Morgan fingerprint density at radius 2 is 2.06 bits per heavy atom. The molecule has 3 aliphatic rings. The van der Waals surface area contributed by atoms with Gasteiger partial charge in [0.05, 0.1) is 6.10 Å². The van der Waals surface area contributed by atoms with Gasteiger partial charge in [-0.2, -0.15) is 0 Å². The predicted molar refractivity (Wildman–Crippen MR) is 66.9 cm³/mol. The van der Waals surface area contributed by atoms with E-state index in [0.29, 0.717) is 24.2 Å². The number of rotatable bonds is 6. The highest BCUT2D eigenvalue weighted by Crippen LogP contribution is 2.57. The summed E-state index contributed by atoms with van der Waals surface area (Å²) in [5.74, 6) is 0. The molecule has 0 saturated heterocycles. The van der Waals surface area contributed by atoms with E-state index in [4.69, 9.17) is 4.74 Å². The van der Waals surface area contributed by atoms with Gasteiger partial charge in [0, 0.05) is 36.6 Å². The van der Waals surface area contributed by atoms with Crippen LogP contribution in [0.5, 0.6) is 0 Å². The van der Waals surface area contributed by atoms with Gasteiger partial charge in [0.1, 0.15) is 0 Å². The Morgan fingerprint density at radius 3 is 2.53 bits per heavy atom. The van der Waals surface area contributed by atoms with Gasteiger partial charge in [-0.15, -0.1) is 0 Å². The Balaban J connectivity index is 1.51. The fourth-order valence-corrected chi connectivity index (χ4v) is 3.63. The van der Waals surface area contributed by atoms with Crippen molar-refractivity contribution < 1.29 is 9.84 Å². The standard InChI is InChI=1S/C14H25NO2/c1-2-17-12-8-11(14(12)4-3-5-14)15-9-13(10-16)6-7-13/h11-12,15-16H,2-10H2,1H3. The van der Waals surface area contributed by atoms with Gasteiger partial charge in [0.2, 0.25) is 0 Å². The molecular weight excluding hydrogens is 214 g/mol. The molecular formula is C14H25NO2. The molecule has 3 fully saturated rings. The van der Waals surface area contributed by atoms with Gasteiger partial charge in [-0.3, -0.25) is 0 Å². The molecule has 3 saturated carbocycles. The molecule has 0 radical (unpaired) electrons. The van der Waals surface area contributed by atoms with Crippen LogP contribution in [0.15, 0.2) is 0 Å². The van der Waals surface area contributed by atoms with Gasteiger partial charge in [-0.05, 0) is 39.0 Å². The molecule has 3 heteroatoms. The summed E-state index contributed by atoms with van der Waals surface area (Å²) in [5, 5.41) is 13.0. The molecule has 2 atom stereocenters. The van der Waals surface area contributed by atoms with E-state index in [0.717, 1.165) is 13.2 Å². The van der Waals surface area contributed by atoms with Crippen LogP contribution in [-0.2, 0) is 4.74 Å². The second-order valence-corrected chi connectivity index (χ2v) is 6.36. The third kappa shape index (κ3) is 1.83. The Bertz CT molecular complexity index is 284. The number of hydrogen-bond donors (Lipinski definition) is 2. The lowest BCUT2D eigenvalue weighted by atomic mass is 9.51. The number of aliphatic hydroxyl groups excluding tert-OH is 1. The summed E-state index contributed by atoms with van der Waals surface area (Å²) in [4.78, 5) is 0. The van der Waals surface area contributed by atoms with E-state index >= 15 is 0 Å². The summed E-state index contributed by atoms with van der Waals surface area (Å²) < 4.78 is 5.85. The minimum Gasteiger partial charge on any atom is -0.396 e. The molecule has 2 N–H and O–H groups in total. The van der Waals surface area contributed by atoms with Crippen LogP contribution in [0.4, 0.5) is 0 Å². The zero-order valence-corrected chi connectivity index (χ0v) is 10.9. The summed E-state index contributed by atoms with van der Waals surface area (Å²) in [6.45, 7) is 4.31. The summed E-state index contributed by atoms with van der Waals surface area (Å²) in [6, 6.07) is 0.650. The average Bonchev–Trinajstić information content (AvgIpc) is 3.01. The molecule has 3 nitrogen and oxygen atoms in total. The highest BCUT2D eigenvalue weighted by molar-refractivity contribution is 5.12. The van der Waals surface area contributed by atoms with Crippen molar-refractivity contribution in [2.45, 2.75) is 57.6 Å². The molecule has 17 heavy (non-hydrogen) atoms. The van der Waals surface area contributed by atoms with Crippen LogP contribution in [0.1, 0.15) is 45.4 Å². The van der Waals surface area contributed by atoms with E-state index < -0.39 is 0 Å². The maximum Gasteiger partial charge on any atom is 0.0661 e. The van der Waals surface area contributed by atoms with E-state index in [2.05, 4.69) is 12.2 Å². The molecule has 0 aromatic rings. The van der Waals surface area contributed by atoms with Crippen LogP contribution in [0.25, 0.3) is 0 Å². The molecule has 98 valence electrons. The lowest BCUT2D eigenvalue weighted by Gasteiger charge is -2.61. The van der Waals surface area contributed by atoms with Crippen molar-refractivity contribution in [3.05, 3.63) is 0 Å². The molecule has 3 rings (SSSR count). The van der Waals surface area contributed by atoms with Crippen molar-refractivity contribution in [1.29, 1.82) is 0 Å². The molecule has 0 heterocycles. The van der Waals surface area contributed by atoms with E-state index in [9.17, 15) is 5.11 Å². The zero-order valence-electron chi connectivity index (χ0n) is 10.9. The lowest BCUT2D eigenvalue weighted by Crippen LogP contribution is -2.67. The predicted octanol–water partition coefficient (Wildman–Crippen LogP) is 1.70. The first kappa shape index (κ1) is 11.9. The Hall–Kier alpha value is -0.120. The Kier molecular flexibility index (Phi) is 2.96. The molecule has 3 aliphatic carbocycles. The first-order chi connectivity index (χ1) is 8.25. The molecule has 0 aromatic carbocycles. The third-order valence-electron chi connectivity index (χ3n) is 5.45. The second kappa shape index (κ2) is 4.22. The fraction of sp³-hybridized carbons (Fsp3) is 1.00. The molecule has 0 amide bonds. The second-order valence-electron chi connectivity index (χ2n) is 6.36. The van der Waals surface area contributed by atoms with Crippen LogP contribution in [0.3, 0.4) is 0 Å². The zero-order chi connectivity index (χ0) is 11.9. The number of hydrogen-bond acceptors (Lipinski definition) is 3. The summed E-state index contributed by atoms with van der Waals surface area (Å²) >= 11 is 0. The quantitative estimate of drug-likeness (QED) is 0.741. The minimum atomic E-state index is 0.238. The van der Waals surface area contributed by atoms with Crippen LogP contribution in [0, 0.1) is 10.8 Å². The summed E-state index contributed by atoms with van der Waals surface area (Å²) in [7, 11) is 0. The van der Waals surface area contributed by atoms with Gasteiger partial charge >= 0.3 is 0 Å². The third-order valence-corrected chi connectivity index (χ3v) is 5.45. The van der Waals surface area contributed by atoms with Crippen molar-refractivity contribution in [3.8, 4) is 0 Å². The fourth-order valence-electron chi connectivity index (χ4n) is 3.63. The first-order valence-electron chi connectivity index (χ1n) is 7.21. The Morgan fingerprint density at radius 1 is 1.29 bits per heavy atom. The average molecular weight is 239 g/mol. The SMILES string of the molecule is CCOC1CC(NCC2(CO)CC2)C12CCC2. The van der Waals surface area contributed by atoms with E-state index in [-0.39, 0.29) is 5.41 Å². The van der Waals surface area contributed by atoms with E-state index in [1.807, 2.05) is 0 Å². The topological polar surface area (TPSA) is 41.5 Å². The lowest BCUT2D eigenvalue weighted by molar-refractivity contribution is -0.173. The van der Waals surface area contributed by atoms with E-state index in [1.165, 1.54) is 38.5 Å². The smallest absolute Gasteiger partial charge is 0.0661 e. The molecule has 0 aliphatic heterocycles. The van der Waals surface area contributed by atoms with Crippen LogP contribution < -0.4 is 5.32 Å². The van der Waals surface area contributed by atoms with Gasteiger partial charge < -0.3 is 15.2 Å². The first-order valence-corrected chi connectivity index (χ1v) is 7.21. The number of nitrogens with one attached hydrogen (secondary N) is 1. The normalized spacial score (nSPS) is 36.4. The monoisotopic (exact) mass is 239 g/mol. The van der Waals surface area contributed by atoms with Crippen LogP contribution >= 0.6 is 0 Å². The highest BCUT2D eigenvalue weighted by Gasteiger charge is 2.59. The number of ether oxygens (including phenoxy) is 1. The summed E-state index contributed by atoms with van der Waals surface area (Å²) in [6.07, 6.45) is 8.12. The van der Waals surface area contributed by atoms with Crippen molar-refractivity contribution in [3.63, 3.8) is 0 Å².